The predicted octanol–water partition coefficient (Wildman–Crippen LogP) is 3.47. The van der Waals surface area contributed by atoms with Gasteiger partial charge in [-0.15, -0.1) is 0 Å². The van der Waals surface area contributed by atoms with Crippen LogP contribution in [0.4, 0.5) is 13.2 Å². The maximum absolute atomic E-state index is 14.3. The summed E-state index contributed by atoms with van der Waals surface area (Å²) in [6.45, 7) is 1.49. The van der Waals surface area contributed by atoms with E-state index >= 15 is 0 Å². The number of hydrogen-bond donors (Lipinski definition) is 2. The van der Waals surface area contributed by atoms with E-state index in [0.717, 1.165) is 0 Å². The summed E-state index contributed by atoms with van der Waals surface area (Å²) in [5.41, 5.74) is -2.07. The van der Waals surface area contributed by atoms with Gasteiger partial charge < -0.3 is 29.4 Å². The second kappa shape index (κ2) is 11.2. The number of benzene rings is 2. The number of carbonyl (C=O) groups is 2. The van der Waals surface area contributed by atoms with E-state index in [1.54, 1.807) is 29.2 Å². The highest BCUT2D eigenvalue weighted by Crippen LogP contribution is 2.47. The first-order chi connectivity index (χ1) is 20.6. The van der Waals surface area contributed by atoms with E-state index in [1.807, 2.05) is 13.0 Å². The maximum Gasteiger partial charge on any atom is 0.274 e. The van der Waals surface area contributed by atoms with E-state index < -0.39 is 70.1 Å². The topological polar surface area (TPSA) is 110 Å². The summed E-state index contributed by atoms with van der Waals surface area (Å²) in [6, 6.07) is 9.18. The summed E-state index contributed by atoms with van der Waals surface area (Å²) in [7, 11) is 0. The number of fused-ring (bicyclic) bond motifs is 5. The van der Waals surface area contributed by atoms with Gasteiger partial charge in [-0.3, -0.25) is 14.4 Å². The average Bonchev–Trinajstić information content (AvgIpc) is 3.30. The Morgan fingerprint density at radius 3 is 2.56 bits per heavy atom. The van der Waals surface area contributed by atoms with Gasteiger partial charge in [0.1, 0.15) is 29.6 Å². The van der Waals surface area contributed by atoms with Gasteiger partial charge in [0.2, 0.25) is 5.43 Å². The zero-order valence-corrected chi connectivity index (χ0v) is 23.3. The Labute approximate surface area is 244 Å². The van der Waals surface area contributed by atoms with Crippen LogP contribution in [-0.2, 0) is 17.9 Å². The molecule has 4 heterocycles. The number of halogens is 3. The molecule has 1 aromatic heterocycles. The Bertz CT molecular complexity index is 1620. The molecule has 2 amide bonds. The van der Waals surface area contributed by atoms with E-state index in [0.29, 0.717) is 37.0 Å². The Kier molecular flexibility index (Phi) is 7.51. The van der Waals surface area contributed by atoms with Gasteiger partial charge in [-0.1, -0.05) is 30.3 Å². The third kappa shape index (κ3) is 5.18. The summed E-state index contributed by atoms with van der Waals surface area (Å²) >= 11 is 0. The van der Waals surface area contributed by atoms with Gasteiger partial charge in [-0.2, -0.15) is 0 Å². The summed E-state index contributed by atoms with van der Waals surface area (Å²) in [5.74, 6) is -5.23. The van der Waals surface area contributed by atoms with E-state index in [9.17, 15) is 32.7 Å². The van der Waals surface area contributed by atoms with Crippen LogP contribution in [-0.4, -0.2) is 57.3 Å². The van der Waals surface area contributed by atoms with Crippen LogP contribution in [0.25, 0.3) is 0 Å². The first kappa shape index (κ1) is 28.9. The van der Waals surface area contributed by atoms with Gasteiger partial charge in [0.15, 0.2) is 11.4 Å². The SMILES string of the molecule is C[C@H]1CC[C@@]2(CC(O)CO2)[C@H]2CN1C(=O)c1c(OCc3ccccc3)c(=O)c(C(=O)NCc3c(F)cc(F)cc3F)cn12. The molecule has 2 N–H and O–H groups in total. The van der Waals surface area contributed by atoms with Crippen molar-refractivity contribution in [1.82, 2.24) is 14.8 Å². The minimum Gasteiger partial charge on any atom is -0.483 e. The van der Waals surface area contributed by atoms with Crippen molar-refractivity contribution in [3.05, 3.63) is 98.7 Å². The van der Waals surface area contributed by atoms with Crippen LogP contribution in [0.2, 0.25) is 0 Å². The predicted molar refractivity (Wildman–Crippen MR) is 147 cm³/mol. The molecule has 9 nitrogen and oxygen atoms in total. The highest BCUT2D eigenvalue weighted by Gasteiger charge is 2.53. The van der Waals surface area contributed by atoms with Gasteiger partial charge >= 0.3 is 0 Å². The lowest BCUT2D eigenvalue weighted by Gasteiger charge is -2.43. The molecule has 226 valence electrons. The Morgan fingerprint density at radius 2 is 1.88 bits per heavy atom. The molecule has 2 aromatic carbocycles. The molecule has 0 radical (unpaired) electrons. The zero-order valence-electron chi connectivity index (χ0n) is 23.3. The van der Waals surface area contributed by atoms with Crippen LogP contribution >= 0.6 is 0 Å². The van der Waals surface area contributed by atoms with Crippen molar-refractivity contribution in [3.63, 3.8) is 0 Å². The Hall–Kier alpha value is -4.16. The van der Waals surface area contributed by atoms with Crippen LogP contribution in [0.15, 0.2) is 53.5 Å². The lowest BCUT2D eigenvalue weighted by molar-refractivity contribution is -0.0478. The lowest BCUT2D eigenvalue weighted by atomic mass is 9.85. The minimum atomic E-state index is -1.19. The van der Waals surface area contributed by atoms with E-state index in [-0.39, 0.29) is 37.2 Å². The van der Waals surface area contributed by atoms with Crippen molar-refractivity contribution in [2.75, 3.05) is 13.2 Å². The Balaban J connectivity index is 1.45. The smallest absolute Gasteiger partial charge is 0.274 e. The fourth-order valence-electron chi connectivity index (χ4n) is 6.35. The number of nitrogens with zero attached hydrogens (tertiary/aromatic N) is 2. The second-order valence-corrected chi connectivity index (χ2v) is 11.4. The monoisotopic (exact) mass is 597 g/mol. The number of pyridine rings is 1. The van der Waals surface area contributed by atoms with Crippen LogP contribution < -0.4 is 15.5 Å². The van der Waals surface area contributed by atoms with Crippen molar-refractivity contribution in [1.29, 1.82) is 0 Å². The van der Waals surface area contributed by atoms with Gasteiger partial charge in [0, 0.05) is 49.4 Å². The molecule has 3 aliphatic rings. The molecule has 1 unspecified atom stereocenters. The van der Waals surface area contributed by atoms with Crippen LogP contribution in [0.3, 0.4) is 0 Å². The van der Waals surface area contributed by atoms with Gasteiger partial charge in [-0.05, 0) is 25.3 Å². The minimum absolute atomic E-state index is 0.0394. The molecule has 0 saturated carbocycles. The second-order valence-electron chi connectivity index (χ2n) is 11.4. The van der Waals surface area contributed by atoms with E-state index in [1.165, 1.54) is 10.8 Å². The maximum atomic E-state index is 14.3. The van der Waals surface area contributed by atoms with Crippen molar-refractivity contribution >= 4 is 11.8 Å². The number of rotatable bonds is 6. The van der Waals surface area contributed by atoms with E-state index in [2.05, 4.69) is 5.32 Å². The lowest BCUT2D eigenvalue weighted by Crippen LogP contribution is -2.52. The highest BCUT2D eigenvalue weighted by atomic mass is 19.1. The molecule has 43 heavy (non-hydrogen) atoms. The van der Waals surface area contributed by atoms with Crippen molar-refractivity contribution in [3.8, 4) is 5.75 Å². The molecular weight excluding hydrogens is 567 g/mol. The third-order valence-electron chi connectivity index (χ3n) is 8.63. The van der Waals surface area contributed by atoms with E-state index in [4.69, 9.17) is 9.47 Å². The van der Waals surface area contributed by atoms with Crippen LogP contribution in [0.5, 0.6) is 5.75 Å². The number of ether oxygens (including phenoxy) is 2. The summed E-state index contributed by atoms with van der Waals surface area (Å²) < 4.78 is 55.6. The van der Waals surface area contributed by atoms with Crippen molar-refractivity contribution in [2.24, 2.45) is 0 Å². The molecule has 0 aliphatic carbocycles. The molecule has 12 heteroatoms. The number of aromatic nitrogens is 1. The molecule has 6 rings (SSSR count). The molecule has 2 fully saturated rings. The van der Waals surface area contributed by atoms with Gasteiger partial charge in [0.25, 0.3) is 11.8 Å². The molecule has 1 spiro atoms. The molecule has 2 saturated heterocycles. The number of nitrogens with one attached hydrogen (secondary N) is 1. The highest BCUT2D eigenvalue weighted by molar-refractivity contribution is 5.99. The Morgan fingerprint density at radius 1 is 1.16 bits per heavy atom. The summed E-state index contributed by atoms with van der Waals surface area (Å²) in [6.07, 6.45) is 1.94. The largest absolute Gasteiger partial charge is 0.483 e. The number of aliphatic hydroxyl groups excluding tert-OH is 1. The molecule has 3 aromatic rings. The number of carbonyl (C=O) groups excluding carboxylic acids is 2. The van der Waals surface area contributed by atoms with Gasteiger partial charge in [-0.25, -0.2) is 13.2 Å². The summed E-state index contributed by atoms with van der Waals surface area (Å²) in [5, 5.41) is 12.8. The first-order valence-electron chi connectivity index (χ1n) is 14.1. The fraction of sp³-hybridized carbons (Fsp3) is 0.387. The fourth-order valence-corrected chi connectivity index (χ4v) is 6.35. The van der Waals surface area contributed by atoms with Crippen molar-refractivity contribution < 1.29 is 37.3 Å². The quantitative estimate of drug-likeness (QED) is 0.451. The number of amides is 2. The zero-order chi connectivity index (χ0) is 30.5. The molecule has 3 aliphatic heterocycles. The molecule has 4 atom stereocenters. The number of hydrogen-bond acceptors (Lipinski definition) is 6. The average molecular weight is 598 g/mol. The van der Waals surface area contributed by atoms with Gasteiger partial charge in [0.05, 0.1) is 24.4 Å². The van der Waals surface area contributed by atoms with Crippen molar-refractivity contribution in [2.45, 2.75) is 63.1 Å². The normalized spacial score (nSPS) is 24.5. The first-order valence-corrected chi connectivity index (χ1v) is 14.1. The number of aliphatic hydroxyl groups is 1. The third-order valence-corrected chi connectivity index (χ3v) is 8.63. The molecular formula is C31H30F3N3O6. The van der Waals surface area contributed by atoms with Crippen LogP contribution in [0, 0.1) is 17.5 Å². The molecule has 2 bridgehead atoms. The standard InChI is InChI=1S/C31H30F3N3O6/c1-17-7-8-31(11-20(38)16-43-31)25-14-36(17)30(41)26-28(42-15-18-5-3-2-4-6-18)27(39)22(13-37(25)26)29(40)35-12-21-23(33)9-19(32)10-24(21)34/h2-6,9-10,13,17,20,25,38H,7-8,11-12,14-16H2,1H3,(H,35,40)/t17-,20?,25+,31+/m0/s1. The van der Waals surface area contributed by atoms with Crippen LogP contribution in [0.1, 0.15) is 64.2 Å². The summed E-state index contributed by atoms with van der Waals surface area (Å²) in [4.78, 5) is 42.8.